The van der Waals surface area contributed by atoms with Crippen LogP contribution in [0, 0.1) is 0 Å². The Kier molecular flexibility index (Phi) is 6.92. The van der Waals surface area contributed by atoms with Crippen LogP contribution in [0.25, 0.3) is 0 Å². The maximum atomic E-state index is 12.7. The number of nitrogens with zero attached hydrogens (tertiary/aromatic N) is 2. The Labute approximate surface area is 173 Å². The summed E-state index contributed by atoms with van der Waals surface area (Å²) in [5, 5.41) is 6.05. The highest BCUT2D eigenvalue weighted by Crippen LogP contribution is 2.14. The van der Waals surface area contributed by atoms with E-state index in [2.05, 4.69) is 43.5 Å². The molecular formula is C22H21BrN4O. The van der Waals surface area contributed by atoms with Crippen LogP contribution >= 0.6 is 15.9 Å². The number of pyridine rings is 1. The first-order chi connectivity index (χ1) is 13.6. The Morgan fingerprint density at radius 3 is 2.43 bits per heavy atom. The lowest BCUT2D eigenvalue weighted by Gasteiger charge is -2.12. The first-order valence-electron chi connectivity index (χ1n) is 9.00. The average Bonchev–Trinajstić information content (AvgIpc) is 2.74. The lowest BCUT2D eigenvalue weighted by Crippen LogP contribution is -2.36. The molecule has 6 heteroatoms. The van der Waals surface area contributed by atoms with Crippen molar-refractivity contribution in [1.29, 1.82) is 0 Å². The van der Waals surface area contributed by atoms with E-state index in [0.717, 1.165) is 22.1 Å². The maximum Gasteiger partial charge on any atom is 0.257 e. The van der Waals surface area contributed by atoms with Crippen molar-refractivity contribution < 1.29 is 4.79 Å². The fourth-order valence-electron chi connectivity index (χ4n) is 2.51. The number of hydrogen-bond acceptors (Lipinski definition) is 3. The summed E-state index contributed by atoms with van der Waals surface area (Å²) in [6, 6.07) is 19.0. The van der Waals surface area contributed by atoms with E-state index in [1.165, 1.54) is 5.56 Å². The maximum absolute atomic E-state index is 12.7. The molecule has 28 heavy (non-hydrogen) atoms. The predicted molar refractivity (Wildman–Crippen MR) is 116 cm³/mol. The zero-order valence-corrected chi connectivity index (χ0v) is 17.1. The molecule has 1 aromatic heterocycles. The summed E-state index contributed by atoms with van der Waals surface area (Å²) in [5.74, 6) is 0.174. The van der Waals surface area contributed by atoms with E-state index in [-0.39, 0.29) is 5.91 Å². The molecule has 2 aromatic carbocycles. The van der Waals surface area contributed by atoms with Crippen LogP contribution in [-0.2, 0) is 13.0 Å². The molecule has 0 saturated carbocycles. The highest BCUT2D eigenvalue weighted by molar-refractivity contribution is 9.10. The standard InChI is InChI=1S/C22H21BrN4O/c1-2-16-5-7-18(8-6-16)21(28)27-22(25-15-17-4-3-13-24-14-17)26-20-11-9-19(23)10-12-20/h3-14H,2,15H2,1H3,(H2,25,26,27,28). The van der Waals surface area contributed by atoms with Crippen LogP contribution in [0.2, 0.25) is 0 Å². The molecule has 2 N–H and O–H groups in total. The van der Waals surface area contributed by atoms with Gasteiger partial charge in [-0.3, -0.25) is 15.1 Å². The first kappa shape index (κ1) is 19.8. The number of halogens is 1. The number of aromatic nitrogens is 1. The van der Waals surface area contributed by atoms with Crippen LogP contribution in [0.3, 0.4) is 0 Å². The SMILES string of the molecule is CCc1ccc(C(=O)NC(=NCc2cccnc2)Nc2ccc(Br)cc2)cc1. The number of rotatable bonds is 5. The van der Waals surface area contributed by atoms with Gasteiger partial charge < -0.3 is 5.32 Å². The van der Waals surface area contributed by atoms with Gasteiger partial charge in [0.1, 0.15) is 0 Å². The Morgan fingerprint density at radius 1 is 1.04 bits per heavy atom. The van der Waals surface area contributed by atoms with Crippen molar-refractivity contribution in [3.8, 4) is 0 Å². The molecule has 0 spiro atoms. The number of aryl methyl sites for hydroxylation is 1. The van der Waals surface area contributed by atoms with E-state index >= 15 is 0 Å². The summed E-state index contributed by atoms with van der Waals surface area (Å²) >= 11 is 3.42. The van der Waals surface area contributed by atoms with E-state index in [1.807, 2.05) is 60.7 Å². The molecule has 0 atom stereocenters. The number of anilines is 1. The molecule has 1 heterocycles. The third-order valence-corrected chi connectivity index (χ3v) is 4.63. The van der Waals surface area contributed by atoms with Gasteiger partial charge in [0.25, 0.3) is 5.91 Å². The molecule has 1 amide bonds. The Hall–Kier alpha value is -2.99. The molecule has 0 aliphatic rings. The van der Waals surface area contributed by atoms with Gasteiger partial charge in [0, 0.05) is 28.1 Å². The van der Waals surface area contributed by atoms with Crippen molar-refractivity contribution in [2.75, 3.05) is 5.32 Å². The number of guanidine groups is 1. The van der Waals surface area contributed by atoms with E-state index in [4.69, 9.17) is 0 Å². The van der Waals surface area contributed by atoms with Crippen LogP contribution in [0.15, 0.2) is 82.5 Å². The molecule has 0 unspecified atom stereocenters. The van der Waals surface area contributed by atoms with Crippen molar-refractivity contribution in [2.45, 2.75) is 19.9 Å². The predicted octanol–water partition coefficient (Wildman–Crippen LogP) is 4.80. The van der Waals surface area contributed by atoms with Gasteiger partial charge >= 0.3 is 0 Å². The normalized spacial score (nSPS) is 11.1. The molecule has 3 rings (SSSR count). The van der Waals surface area contributed by atoms with Gasteiger partial charge in [-0.1, -0.05) is 41.1 Å². The Balaban J connectivity index is 1.77. The lowest BCUT2D eigenvalue weighted by molar-refractivity contribution is 0.0977. The highest BCUT2D eigenvalue weighted by Gasteiger charge is 2.09. The molecule has 0 fully saturated rings. The van der Waals surface area contributed by atoms with Crippen molar-refractivity contribution >= 4 is 33.5 Å². The van der Waals surface area contributed by atoms with E-state index in [9.17, 15) is 4.79 Å². The van der Waals surface area contributed by atoms with Gasteiger partial charge in [-0.2, -0.15) is 0 Å². The molecule has 0 bridgehead atoms. The van der Waals surface area contributed by atoms with Crippen LogP contribution in [0.1, 0.15) is 28.4 Å². The van der Waals surface area contributed by atoms with Crippen LogP contribution < -0.4 is 10.6 Å². The summed E-state index contributed by atoms with van der Waals surface area (Å²) in [7, 11) is 0. The second-order valence-electron chi connectivity index (χ2n) is 6.16. The number of hydrogen-bond donors (Lipinski definition) is 2. The molecule has 3 aromatic rings. The summed E-state index contributed by atoms with van der Waals surface area (Å²) in [4.78, 5) is 21.3. The van der Waals surface area contributed by atoms with Gasteiger partial charge in [-0.25, -0.2) is 4.99 Å². The van der Waals surface area contributed by atoms with Gasteiger partial charge in [0.2, 0.25) is 5.96 Å². The summed E-state index contributed by atoms with van der Waals surface area (Å²) < 4.78 is 0.979. The molecule has 0 aliphatic carbocycles. The summed E-state index contributed by atoms with van der Waals surface area (Å²) in [5.41, 5.74) is 3.56. The smallest absolute Gasteiger partial charge is 0.257 e. The van der Waals surface area contributed by atoms with Crippen LogP contribution in [0.4, 0.5) is 5.69 Å². The zero-order valence-electron chi connectivity index (χ0n) is 15.5. The van der Waals surface area contributed by atoms with Gasteiger partial charge in [-0.15, -0.1) is 0 Å². The second kappa shape index (κ2) is 9.80. The fraction of sp³-hybridized carbons (Fsp3) is 0.136. The number of amides is 1. The quantitative estimate of drug-likeness (QED) is 0.445. The third kappa shape index (κ3) is 5.76. The monoisotopic (exact) mass is 436 g/mol. The van der Waals surface area contributed by atoms with Crippen molar-refractivity contribution in [2.24, 2.45) is 4.99 Å². The zero-order chi connectivity index (χ0) is 19.8. The molecule has 142 valence electrons. The van der Waals surface area contributed by atoms with Gasteiger partial charge in [0.05, 0.1) is 6.54 Å². The molecule has 0 radical (unpaired) electrons. The second-order valence-corrected chi connectivity index (χ2v) is 7.08. The number of aliphatic imine (C=N–C) groups is 1. The van der Waals surface area contributed by atoms with E-state index in [1.54, 1.807) is 12.4 Å². The van der Waals surface area contributed by atoms with Crippen molar-refractivity contribution in [3.63, 3.8) is 0 Å². The Bertz CT molecular complexity index is 939. The minimum absolute atomic E-state index is 0.211. The van der Waals surface area contributed by atoms with Gasteiger partial charge in [0.15, 0.2) is 0 Å². The van der Waals surface area contributed by atoms with Crippen molar-refractivity contribution in [3.05, 3.63) is 94.2 Å². The molecular weight excluding hydrogens is 416 g/mol. The van der Waals surface area contributed by atoms with Crippen LogP contribution in [-0.4, -0.2) is 16.9 Å². The summed E-state index contributed by atoms with van der Waals surface area (Å²) in [6.07, 6.45) is 4.41. The minimum atomic E-state index is -0.211. The minimum Gasteiger partial charge on any atom is -0.326 e. The largest absolute Gasteiger partial charge is 0.326 e. The molecule has 0 saturated heterocycles. The van der Waals surface area contributed by atoms with E-state index < -0.39 is 0 Å². The third-order valence-electron chi connectivity index (χ3n) is 4.11. The number of nitrogens with one attached hydrogen (secondary N) is 2. The number of carbonyl (C=O) groups excluding carboxylic acids is 1. The molecule has 5 nitrogen and oxygen atoms in total. The number of carbonyl (C=O) groups is 1. The summed E-state index contributed by atoms with van der Waals surface area (Å²) in [6.45, 7) is 2.49. The lowest BCUT2D eigenvalue weighted by atomic mass is 10.1. The van der Waals surface area contributed by atoms with Crippen molar-refractivity contribution in [1.82, 2.24) is 10.3 Å². The average molecular weight is 437 g/mol. The van der Waals surface area contributed by atoms with Crippen LogP contribution in [0.5, 0.6) is 0 Å². The first-order valence-corrected chi connectivity index (χ1v) is 9.79. The number of benzene rings is 2. The Morgan fingerprint density at radius 2 is 1.79 bits per heavy atom. The fourth-order valence-corrected chi connectivity index (χ4v) is 2.78. The highest BCUT2D eigenvalue weighted by atomic mass is 79.9. The van der Waals surface area contributed by atoms with Gasteiger partial charge in [-0.05, 0) is 60.0 Å². The topological polar surface area (TPSA) is 66.4 Å². The van der Waals surface area contributed by atoms with E-state index in [0.29, 0.717) is 18.1 Å². The molecule has 0 aliphatic heterocycles.